The standard InChI is InChI=1S/C2HI.C2H6O/c2*1-2-3/h1H;3H,2H2,1H3. The van der Waals surface area contributed by atoms with E-state index >= 15 is 0 Å². The molecule has 0 spiro atoms. The minimum atomic E-state index is 0.250. The van der Waals surface area contributed by atoms with Crippen molar-refractivity contribution in [2.75, 3.05) is 6.61 Å². The average Bonchev–Trinajstić information content (AvgIpc) is 1.39. The third kappa shape index (κ3) is 718. The van der Waals surface area contributed by atoms with Gasteiger partial charge in [0.2, 0.25) is 0 Å². The first-order valence-electron chi connectivity index (χ1n) is 1.50. The van der Waals surface area contributed by atoms with Gasteiger partial charge in [0.1, 0.15) is 0 Å². The molecule has 0 aromatic carbocycles. The van der Waals surface area contributed by atoms with Crippen LogP contribution in [0.4, 0.5) is 0 Å². The van der Waals surface area contributed by atoms with Crippen LogP contribution >= 0.6 is 22.6 Å². The van der Waals surface area contributed by atoms with Crippen molar-refractivity contribution in [2.45, 2.75) is 6.92 Å². The minimum Gasteiger partial charge on any atom is -0.397 e. The molecule has 36 valence electrons. The maximum atomic E-state index is 7.57. The summed E-state index contributed by atoms with van der Waals surface area (Å²) >= 11 is 1.82. The van der Waals surface area contributed by atoms with Gasteiger partial charge in [-0.15, -0.1) is 6.42 Å². The van der Waals surface area contributed by atoms with Crippen LogP contribution in [0.15, 0.2) is 0 Å². The SMILES string of the molecule is C#CI.CCO. The predicted molar refractivity (Wildman–Crippen MR) is 35.6 cm³/mol. The third-order valence-corrected chi connectivity index (χ3v) is 0. The zero-order valence-corrected chi connectivity index (χ0v) is 5.77. The first kappa shape index (κ1) is 9.54. The Bertz CT molecular complexity index is 37.3. The van der Waals surface area contributed by atoms with E-state index in [0.29, 0.717) is 0 Å². The van der Waals surface area contributed by atoms with Crippen molar-refractivity contribution >= 4 is 22.6 Å². The van der Waals surface area contributed by atoms with Crippen LogP contribution in [0, 0.1) is 10.4 Å². The van der Waals surface area contributed by atoms with Gasteiger partial charge < -0.3 is 5.11 Å². The van der Waals surface area contributed by atoms with Crippen LogP contribution < -0.4 is 0 Å². The van der Waals surface area contributed by atoms with Crippen LogP contribution in [0.25, 0.3) is 0 Å². The molecule has 0 aromatic heterocycles. The lowest BCUT2D eigenvalue weighted by atomic mass is 10.9. The van der Waals surface area contributed by atoms with Crippen molar-refractivity contribution in [3.05, 3.63) is 0 Å². The number of terminal acetylenes is 1. The Hall–Kier alpha value is 0.250. The highest BCUT2D eigenvalue weighted by Crippen LogP contribution is 1.60. The van der Waals surface area contributed by atoms with Crippen LogP contribution in [0.3, 0.4) is 0 Å². The van der Waals surface area contributed by atoms with Gasteiger partial charge in [-0.05, 0) is 10.9 Å². The van der Waals surface area contributed by atoms with E-state index in [2.05, 4.69) is 10.4 Å². The van der Waals surface area contributed by atoms with Crippen molar-refractivity contribution in [3.8, 4) is 10.4 Å². The monoisotopic (exact) mass is 198 g/mol. The second-order valence-electron chi connectivity index (χ2n) is 0.425. The Kier molecular flexibility index (Phi) is 29.8. The number of halogens is 1. The van der Waals surface area contributed by atoms with Gasteiger partial charge in [0.15, 0.2) is 0 Å². The number of hydrogen-bond donors (Lipinski definition) is 1. The first-order valence-corrected chi connectivity index (χ1v) is 2.58. The minimum absolute atomic E-state index is 0.250. The maximum Gasteiger partial charge on any atom is 0.0402 e. The first-order chi connectivity index (χ1) is 2.83. The molecular weight excluding hydrogens is 191 g/mol. The summed E-state index contributed by atoms with van der Waals surface area (Å²) in [6.07, 6.45) is 4.58. The average molecular weight is 198 g/mol. The van der Waals surface area contributed by atoms with Gasteiger partial charge in [0.25, 0.3) is 0 Å². The molecule has 0 rings (SSSR count). The van der Waals surface area contributed by atoms with E-state index in [1.165, 1.54) is 0 Å². The molecular formula is C4H7IO. The van der Waals surface area contributed by atoms with Crippen LogP contribution in [0.5, 0.6) is 0 Å². The van der Waals surface area contributed by atoms with E-state index in [1.54, 1.807) is 6.92 Å². The Balaban J connectivity index is 0. The molecule has 0 aromatic rings. The molecule has 0 atom stereocenters. The van der Waals surface area contributed by atoms with Gasteiger partial charge in [-0.1, -0.05) is 0 Å². The summed E-state index contributed by atoms with van der Waals surface area (Å²) < 4.78 is 2.22. The predicted octanol–water partition coefficient (Wildman–Crippen LogP) is 1.01. The molecule has 0 heterocycles. The van der Waals surface area contributed by atoms with Gasteiger partial charge in [0.05, 0.1) is 0 Å². The van der Waals surface area contributed by atoms with E-state index in [0.717, 1.165) is 0 Å². The lowest BCUT2D eigenvalue weighted by Gasteiger charge is -1.52. The summed E-state index contributed by atoms with van der Waals surface area (Å²) in [6, 6.07) is 0. The Morgan fingerprint density at radius 1 is 2.00 bits per heavy atom. The van der Waals surface area contributed by atoms with E-state index in [9.17, 15) is 0 Å². The second-order valence-corrected chi connectivity index (χ2v) is 1.05. The molecule has 0 saturated carbocycles. The van der Waals surface area contributed by atoms with Gasteiger partial charge >= 0.3 is 0 Å². The summed E-state index contributed by atoms with van der Waals surface area (Å²) in [5.74, 6) is 0. The molecule has 1 nitrogen and oxygen atoms in total. The van der Waals surface area contributed by atoms with Crippen molar-refractivity contribution in [1.82, 2.24) is 0 Å². The van der Waals surface area contributed by atoms with Crippen molar-refractivity contribution in [1.29, 1.82) is 0 Å². The summed E-state index contributed by atoms with van der Waals surface area (Å²) in [6.45, 7) is 1.93. The second kappa shape index (κ2) is 18.7. The van der Waals surface area contributed by atoms with Crippen LogP contribution in [-0.4, -0.2) is 11.7 Å². The molecule has 2 heteroatoms. The zero-order chi connectivity index (χ0) is 5.41. The zero-order valence-electron chi connectivity index (χ0n) is 3.61. The molecule has 0 aliphatic carbocycles. The number of rotatable bonds is 0. The summed E-state index contributed by atoms with van der Waals surface area (Å²) in [7, 11) is 0. The quantitative estimate of drug-likeness (QED) is 0.455. The molecule has 0 aliphatic heterocycles. The van der Waals surface area contributed by atoms with Gasteiger partial charge in [-0.3, -0.25) is 0 Å². The van der Waals surface area contributed by atoms with Gasteiger partial charge in [0, 0.05) is 29.2 Å². The molecule has 0 saturated heterocycles. The topological polar surface area (TPSA) is 20.2 Å². The maximum absolute atomic E-state index is 7.57. The number of aliphatic hydroxyl groups is 1. The normalized spacial score (nSPS) is 4.33. The number of hydrogen-bond acceptors (Lipinski definition) is 1. The summed E-state index contributed by atoms with van der Waals surface area (Å²) in [4.78, 5) is 0. The Morgan fingerprint density at radius 2 is 2.00 bits per heavy atom. The lowest BCUT2D eigenvalue weighted by Crippen LogP contribution is -1.57. The van der Waals surface area contributed by atoms with E-state index in [1.807, 2.05) is 22.6 Å². The van der Waals surface area contributed by atoms with Crippen LogP contribution in [0.2, 0.25) is 0 Å². The van der Waals surface area contributed by atoms with Crippen molar-refractivity contribution in [2.24, 2.45) is 0 Å². The summed E-state index contributed by atoms with van der Waals surface area (Å²) in [5.41, 5.74) is 0. The largest absolute Gasteiger partial charge is 0.397 e. The van der Waals surface area contributed by atoms with E-state index < -0.39 is 0 Å². The molecule has 0 unspecified atom stereocenters. The number of aliphatic hydroxyl groups excluding tert-OH is 1. The third-order valence-electron chi connectivity index (χ3n) is 0. The fourth-order valence-corrected chi connectivity index (χ4v) is 0. The Morgan fingerprint density at radius 3 is 2.00 bits per heavy atom. The molecule has 1 N–H and O–H groups in total. The van der Waals surface area contributed by atoms with Crippen molar-refractivity contribution < 1.29 is 5.11 Å². The van der Waals surface area contributed by atoms with Gasteiger partial charge in [-0.25, -0.2) is 0 Å². The smallest absolute Gasteiger partial charge is 0.0402 e. The molecule has 0 bridgehead atoms. The lowest BCUT2D eigenvalue weighted by molar-refractivity contribution is 0.318. The molecule has 0 amide bonds. The van der Waals surface area contributed by atoms with E-state index in [-0.39, 0.29) is 6.61 Å². The molecule has 6 heavy (non-hydrogen) atoms. The Labute approximate surface area is 51.9 Å². The highest BCUT2D eigenvalue weighted by Gasteiger charge is 1.34. The van der Waals surface area contributed by atoms with Gasteiger partial charge in [-0.2, -0.15) is 0 Å². The van der Waals surface area contributed by atoms with Crippen LogP contribution in [-0.2, 0) is 0 Å². The fraction of sp³-hybridized carbons (Fsp3) is 0.500. The molecule has 0 aliphatic rings. The summed E-state index contributed by atoms with van der Waals surface area (Å²) in [5, 5.41) is 7.57. The highest BCUT2D eigenvalue weighted by molar-refractivity contribution is 14.1. The van der Waals surface area contributed by atoms with Crippen LogP contribution in [0.1, 0.15) is 6.92 Å². The van der Waals surface area contributed by atoms with Crippen molar-refractivity contribution in [3.63, 3.8) is 0 Å². The molecule has 0 radical (unpaired) electrons. The highest BCUT2D eigenvalue weighted by atomic mass is 127. The molecule has 0 fully saturated rings. The van der Waals surface area contributed by atoms with E-state index in [4.69, 9.17) is 5.11 Å². The fourth-order valence-electron chi connectivity index (χ4n) is 0.